The summed E-state index contributed by atoms with van der Waals surface area (Å²) in [5.74, 6) is 0. The van der Waals surface area contributed by atoms with E-state index in [0.717, 1.165) is 16.5 Å². The first-order valence-electron chi connectivity index (χ1n) is 6.62. The third-order valence-electron chi connectivity index (χ3n) is 3.63. The molecule has 0 saturated heterocycles. The molecule has 0 N–H and O–H groups in total. The van der Waals surface area contributed by atoms with Gasteiger partial charge in [0, 0.05) is 10.9 Å². The van der Waals surface area contributed by atoms with Crippen LogP contribution in [0.5, 0.6) is 0 Å². The van der Waals surface area contributed by atoms with Gasteiger partial charge in [0.25, 0.3) is 0 Å². The minimum Gasteiger partial charge on any atom is -0.158 e. The lowest BCUT2D eigenvalue weighted by atomic mass is 9.97. The van der Waals surface area contributed by atoms with Gasteiger partial charge in [-0.25, -0.2) is 0 Å². The van der Waals surface area contributed by atoms with Crippen molar-refractivity contribution in [2.75, 3.05) is 0 Å². The van der Waals surface area contributed by atoms with E-state index in [9.17, 15) is 0 Å². The summed E-state index contributed by atoms with van der Waals surface area (Å²) in [7, 11) is 0. The lowest BCUT2D eigenvalue weighted by Gasteiger charge is -2.08. The summed E-state index contributed by atoms with van der Waals surface area (Å²) in [5, 5.41) is 12.0. The molecule has 0 amide bonds. The fraction of sp³-hybridized carbons (Fsp3) is 0. The average molecular weight is 256 g/mol. The zero-order valence-electron chi connectivity index (χ0n) is 10.8. The number of benzene rings is 3. The largest absolute Gasteiger partial charge is 0.158 e. The van der Waals surface area contributed by atoms with E-state index in [1.165, 1.54) is 16.3 Å². The first-order valence-corrected chi connectivity index (χ1v) is 6.62. The Morgan fingerprint density at radius 2 is 1.35 bits per heavy atom. The van der Waals surface area contributed by atoms with Crippen LogP contribution in [0.25, 0.3) is 32.8 Å². The van der Waals surface area contributed by atoms with Crippen LogP contribution in [0.3, 0.4) is 0 Å². The van der Waals surface area contributed by atoms with Crippen LogP contribution < -0.4 is 0 Å². The van der Waals surface area contributed by atoms with Crippen LogP contribution in [-0.2, 0) is 0 Å². The van der Waals surface area contributed by atoms with Crippen molar-refractivity contribution < 1.29 is 0 Å². The highest BCUT2D eigenvalue weighted by molar-refractivity contribution is 6.03. The van der Waals surface area contributed by atoms with E-state index in [0.29, 0.717) is 0 Å². The van der Waals surface area contributed by atoms with Crippen molar-refractivity contribution in [3.05, 3.63) is 72.9 Å². The van der Waals surface area contributed by atoms with Crippen LogP contribution in [0, 0.1) is 0 Å². The Hall–Kier alpha value is -2.74. The summed E-state index contributed by atoms with van der Waals surface area (Å²) in [4.78, 5) is 0. The molecule has 4 rings (SSSR count). The van der Waals surface area contributed by atoms with Crippen LogP contribution in [0.15, 0.2) is 72.9 Å². The van der Waals surface area contributed by atoms with E-state index in [-0.39, 0.29) is 0 Å². The zero-order valence-corrected chi connectivity index (χ0v) is 10.8. The van der Waals surface area contributed by atoms with E-state index in [2.05, 4.69) is 58.7 Å². The third-order valence-corrected chi connectivity index (χ3v) is 3.63. The number of hydrogen-bond acceptors (Lipinski definition) is 2. The maximum absolute atomic E-state index is 4.20. The number of hydrogen-bond donors (Lipinski definition) is 0. The van der Waals surface area contributed by atoms with Crippen LogP contribution in [0.2, 0.25) is 0 Å². The Morgan fingerprint density at radius 3 is 2.30 bits per heavy atom. The molecule has 0 fully saturated rings. The Balaban J connectivity index is 2.12. The second kappa shape index (κ2) is 4.42. The molecule has 1 aromatic heterocycles. The van der Waals surface area contributed by atoms with Crippen LogP contribution in [0.1, 0.15) is 0 Å². The number of aromatic nitrogens is 2. The Morgan fingerprint density at radius 1 is 0.600 bits per heavy atom. The highest BCUT2D eigenvalue weighted by atomic mass is 15.1. The summed E-state index contributed by atoms with van der Waals surface area (Å²) in [6.07, 6.45) is 1.85. The summed E-state index contributed by atoms with van der Waals surface area (Å²) in [5.41, 5.74) is 3.26. The molecule has 0 aliphatic rings. The van der Waals surface area contributed by atoms with Gasteiger partial charge >= 0.3 is 0 Å². The van der Waals surface area contributed by atoms with Crippen LogP contribution in [0.4, 0.5) is 0 Å². The SMILES string of the molecule is c1ccc2c(-c3cnnc4ccccc34)cccc2c1. The minimum absolute atomic E-state index is 0.929. The van der Waals surface area contributed by atoms with Crippen molar-refractivity contribution >= 4 is 21.7 Å². The molecule has 0 unspecified atom stereocenters. The number of fused-ring (bicyclic) bond motifs is 2. The average Bonchev–Trinajstić information content (AvgIpc) is 2.54. The van der Waals surface area contributed by atoms with Gasteiger partial charge in [0.05, 0.1) is 11.7 Å². The fourth-order valence-electron chi connectivity index (χ4n) is 2.68. The summed E-state index contributed by atoms with van der Waals surface area (Å²) < 4.78 is 0. The van der Waals surface area contributed by atoms with Gasteiger partial charge in [-0.15, -0.1) is 0 Å². The summed E-state index contributed by atoms with van der Waals surface area (Å²) >= 11 is 0. The zero-order chi connectivity index (χ0) is 13.4. The molecule has 4 aromatic rings. The molecule has 0 atom stereocenters. The van der Waals surface area contributed by atoms with Crippen molar-refractivity contribution in [2.45, 2.75) is 0 Å². The lowest BCUT2D eigenvalue weighted by Crippen LogP contribution is -1.88. The predicted octanol–water partition coefficient (Wildman–Crippen LogP) is 4.45. The van der Waals surface area contributed by atoms with Gasteiger partial charge in [0.2, 0.25) is 0 Å². The summed E-state index contributed by atoms with van der Waals surface area (Å²) in [6.45, 7) is 0. The minimum atomic E-state index is 0.929. The fourth-order valence-corrected chi connectivity index (χ4v) is 2.68. The van der Waals surface area contributed by atoms with Crippen molar-refractivity contribution in [1.82, 2.24) is 10.2 Å². The topological polar surface area (TPSA) is 25.8 Å². The Bertz CT molecular complexity index is 825. The molecule has 3 aromatic carbocycles. The maximum Gasteiger partial charge on any atom is 0.0935 e. The highest BCUT2D eigenvalue weighted by Crippen LogP contribution is 2.32. The third kappa shape index (κ3) is 1.66. The molecule has 0 aliphatic carbocycles. The summed E-state index contributed by atoms with van der Waals surface area (Å²) in [6, 6.07) is 22.9. The second-order valence-electron chi connectivity index (χ2n) is 4.80. The second-order valence-corrected chi connectivity index (χ2v) is 4.80. The Kier molecular flexibility index (Phi) is 2.46. The van der Waals surface area contributed by atoms with Crippen molar-refractivity contribution in [3.63, 3.8) is 0 Å². The van der Waals surface area contributed by atoms with Gasteiger partial charge in [0.1, 0.15) is 0 Å². The van der Waals surface area contributed by atoms with Gasteiger partial charge in [-0.05, 0) is 22.4 Å². The molecule has 0 saturated carbocycles. The van der Waals surface area contributed by atoms with Gasteiger partial charge in [0.15, 0.2) is 0 Å². The lowest BCUT2D eigenvalue weighted by molar-refractivity contribution is 1.08. The normalized spacial score (nSPS) is 11.0. The van der Waals surface area contributed by atoms with E-state index < -0.39 is 0 Å². The molecule has 20 heavy (non-hydrogen) atoms. The standard InChI is InChI=1S/C18H12N2/c1-2-8-14-13(6-1)7-5-10-15(14)17-12-19-20-18-11-4-3-9-16(17)18/h1-12H. The highest BCUT2D eigenvalue weighted by Gasteiger charge is 2.08. The van der Waals surface area contributed by atoms with E-state index in [1.807, 2.05) is 24.4 Å². The van der Waals surface area contributed by atoms with Gasteiger partial charge in [-0.3, -0.25) is 0 Å². The van der Waals surface area contributed by atoms with Gasteiger partial charge < -0.3 is 0 Å². The van der Waals surface area contributed by atoms with Crippen molar-refractivity contribution in [1.29, 1.82) is 0 Å². The quantitative estimate of drug-likeness (QED) is 0.503. The first kappa shape index (κ1) is 11.1. The van der Waals surface area contributed by atoms with Crippen molar-refractivity contribution in [2.24, 2.45) is 0 Å². The van der Waals surface area contributed by atoms with Crippen molar-refractivity contribution in [3.8, 4) is 11.1 Å². The number of rotatable bonds is 1. The molecule has 1 heterocycles. The van der Waals surface area contributed by atoms with E-state index in [4.69, 9.17) is 0 Å². The van der Waals surface area contributed by atoms with Crippen LogP contribution >= 0.6 is 0 Å². The molecular formula is C18H12N2. The van der Waals surface area contributed by atoms with Crippen LogP contribution in [-0.4, -0.2) is 10.2 Å². The molecular weight excluding hydrogens is 244 g/mol. The van der Waals surface area contributed by atoms with Gasteiger partial charge in [-0.1, -0.05) is 60.7 Å². The monoisotopic (exact) mass is 256 g/mol. The Labute approximate surface area is 116 Å². The smallest absolute Gasteiger partial charge is 0.0935 e. The number of nitrogens with zero attached hydrogens (tertiary/aromatic N) is 2. The predicted molar refractivity (Wildman–Crippen MR) is 82.5 cm³/mol. The molecule has 94 valence electrons. The molecule has 0 bridgehead atoms. The molecule has 0 radical (unpaired) electrons. The van der Waals surface area contributed by atoms with E-state index in [1.54, 1.807) is 0 Å². The first-order chi connectivity index (χ1) is 9.93. The van der Waals surface area contributed by atoms with E-state index >= 15 is 0 Å². The molecule has 0 aliphatic heterocycles. The molecule has 2 nitrogen and oxygen atoms in total. The molecule has 2 heteroatoms. The van der Waals surface area contributed by atoms with Gasteiger partial charge in [-0.2, -0.15) is 10.2 Å². The maximum atomic E-state index is 4.20. The molecule has 0 spiro atoms.